The van der Waals surface area contributed by atoms with Crippen LogP contribution >= 0.6 is 0 Å². The number of nitrogens with two attached hydrogens (primary N) is 1. The van der Waals surface area contributed by atoms with Gasteiger partial charge >= 0.3 is 0 Å². The van der Waals surface area contributed by atoms with E-state index in [1.807, 2.05) is 0 Å². The number of hydrogen-bond donors (Lipinski definition) is 1. The Morgan fingerprint density at radius 1 is 0.885 bits per heavy atom. The zero-order chi connectivity index (χ0) is 18.1. The fraction of sp³-hybridized carbons (Fsp3) is 0.0526. The third-order valence-electron chi connectivity index (χ3n) is 3.90. The predicted octanol–water partition coefficient (Wildman–Crippen LogP) is 3.54. The van der Waals surface area contributed by atoms with Crippen molar-refractivity contribution in [2.45, 2.75) is 6.42 Å². The average molecular weight is 349 g/mol. The molecule has 0 bridgehead atoms. The van der Waals surface area contributed by atoms with Crippen molar-refractivity contribution < 1.29 is 8.78 Å². The Balaban J connectivity index is 1.83. The van der Waals surface area contributed by atoms with Crippen LogP contribution in [0.3, 0.4) is 0 Å². The summed E-state index contributed by atoms with van der Waals surface area (Å²) in [7, 11) is 0. The second kappa shape index (κ2) is 6.44. The van der Waals surface area contributed by atoms with Gasteiger partial charge in [-0.25, -0.2) is 23.7 Å². The van der Waals surface area contributed by atoms with Gasteiger partial charge in [-0.15, -0.1) is 0 Å². The van der Waals surface area contributed by atoms with E-state index in [0.717, 1.165) is 5.56 Å². The van der Waals surface area contributed by atoms with E-state index in [-0.39, 0.29) is 17.6 Å². The summed E-state index contributed by atoms with van der Waals surface area (Å²) < 4.78 is 26.6. The van der Waals surface area contributed by atoms with Crippen LogP contribution in [0.25, 0.3) is 22.4 Å². The zero-order valence-electron chi connectivity index (χ0n) is 13.5. The third kappa shape index (κ3) is 3.19. The van der Waals surface area contributed by atoms with Crippen LogP contribution in [0.5, 0.6) is 0 Å². The maximum absolute atomic E-state index is 13.5. The van der Waals surface area contributed by atoms with E-state index < -0.39 is 0 Å². The van der Waals surface area contributed by atoms with Crippen LogP contribution in [0, 0.1) is 11.6 Å². The molecule has 0 radical (unpaired) electrons. The quantitative estimate of drug-likeness (QED) is 0.612. The maximum atomic E-state index is 13.5. The third-order valence-corrected chi connectivity index (χ3v) is 3.90. The molecule has 2 N–H and O–H groups in total. The lowest BCUT2D eigenvalue weighted by Crippen LogP contribution is -2.05. The molecule has 2 aromatic carbocycles. The van der Waals surface area contributed by atoms with Gasteiger partial charge in [-0.3, -0.25) is 0 Å². The lowest BCUT2D eigenvalue weighted by Gasteiger charge is -2.08. The first-order chi connectivity index (χ1) is 12.6. The van der Waals surface area contributed by atoms with Gasteiger partial charge in [0.2, 0.25) is 5.95 Å². The molecule has 26 heavy (non-hydrogen) atoms. The molecule has 2 aromatic heterocycles. The first-order valence-corrected chi connectivity index (χ1v) is 7.88. The molecule has 0 aliphatic rings. The zero-order valence-corrected chi connectivity index (χ0v) is 13.5. The number of fused-ring (bicyclic) bond motifs is 1. The smallest absolute Gasteiger partial charge is 0.222 e. The topological polar surface area (TPSA) is 77.6 Å². The lowest BCUT2D eigenvalue weighted by atomic mass is 10.1. The van der Waals surface area contributed by atoms with Gasteiger partial charge in [0, 0.05) is 12.0 Å². The Hall–Kier alpha value is -3.48. The molecule has 0 saturated heterocycles. The molecule has 5 nitrogen and oxygen atoms in total. The minimum absolute atomic E-state index is 0.0766. The summed E-state index contributed by atoms with van der Waals surface area (Å²) in [5.74, 6) is -0.579. The highest BCUT2D eigenvalue weighted by Gasteiger charge is 2.12. The first-order valence-electron chi connectivity index (χ1n) is 7.88. The molecule has 0 amide bonds. The second-order valence-corrected chi connectivity index (χ2v) is 5.77. The molecule has 128 valence electrons. The Labute approximate surface area is 147 Å². The Bertz CT molecular complexity index is 1100. The molecule has 0 fully saturated rings. The van der Waals surface area contributed by atoms with Gasteiger partial charge in [0.25, 0.3) is 0 Å². The Kier molecular flexibility index (Phi) is 3.96. The van der Waals surface area contributed by atoms with Gasteiger partial charge in [0.05, 0.1) is 17.6 Å². The number of aromatic nitrogens is 4. The second-order valence-electron chi connectivity index (χ2n) is 5.77. The number of halogens is 2. The van der Waals surface area contributed by atoms with E-state index in [9.17, 15) is 8.78 Å². The van der Waals surface area contributed by atoms with Crippen LogP contribution in [0.2, 0.25) is 0 Å². The van der Waals surface area contributed by atoms with Crippen molar-refractivity contribution in [3.8, 4) is 11.3 Å². The van der Waals surface area contributed by atoms with Crippen molar-refractivity contribution in [3.63, 3.8) is 0 Å². The summed E-state index contributed by atoms with van der Waals surface area (Å²) in [6, 6.07) is 12.2. The van der Waals surface area contributed by atoms with E-state index >= 15 is 0 Å². The summed E-state index contributed by atoms with van der Waals surface area (Å²) in [6.45, 7) is 0. The van der Waals surface area contributed by atoms with E-state index in [2.05, 4.69) is 19.9 Å². The van der Waals surface area contributed by atoms with E-state index in [0.29, 0.717) is 34.5 Å². The highest BCUT2D eigenvalue weighted by molar-refractivity contribution is 5.77. The van der Waals surface area contributed by atoms with Crippen LogP contribution in [0.1, 0.15) is 11.3 Å². The van der Waals surface area contributed by atoms with Gasteiger partial charge in [-0.05, 0) is 42.0 Å². The van der Waals surface area contributed by atoms with Crippen molar-refractivity contribution in [2.24, 2.45) is 0 Å². The van der Waals surface area contributed by atoms with E-state index in [1.54, 1.807) is 30.5 Å². The number of rotatable bonds is 3. The summed E-state index contributed by atoms with van der Waals surface area (Å²) in [4.78, 5) is 17.2. The molecule has 4 aromatic rings. The van der Waals surface area contributed by atoms with Gasteiger partial charge < -0.3 is 5.73 Å². The number of hydrogen-bond acceptors (Lipinski definition) is 5. The summed E-state index contributed by atoms with van der Waals surface area (Å²) in [5, 5.41) is 0. The fourth-order valence-corrected chi connectivity index (χ4v) is 2.71. The molecule has 4 rings (SSSR count). The molecule has 7 heteroatoms. The summed E-state index contributed by atoms with van der Waals surface area (Å²) in [5.41, 5.74) is 9.17. The highest BCUT2D eigenvalue weighted by Crippen LogP contribution is 2.22. The number of benzene rings is 2. The monoisotopic (exact) mass is 349 g/mol. The van der Waals surface area contributed by atoms with Crippen LogP contribution in [0.4, 0.5) is 14.7 Å². The SMILES string of the molecule is Nc1nc(Cc2cccc(F)c2)c2nc(-c3ccc(F)cc3)cnc2n1. The largest absolute Gasteiger partial charge is 0.368 e. The van der Waals surface area contributed by atoms with Crippen molar-refractivity contribution in [1.29, 1.82) is 0 Å². The van der Waals surface area contributed by atoms with Crippen molar-refractivity contribution in [2.75, 3.05) is 5.73 Å². The van der Waals surface area contributed by atoms with Gasteiger partial charge in [-0.2, -0.15) is 4.98 Å². The molecule has 0 spiro atoms. The van der Waals surface area contributed by atoms with Crippen LogP contribution in [0.15, 0.2) is 54.7 Å². The summed E-state index contributed by atoms with van der Waals surface area (Å²) >= 11 is 0. The predicted molar refractivity (Wildman–Crippen MR) is 94.1 cm³/mol. The number of anilines is 1. The fourth-order valence-electron chi connectivity index (χ4n) is 2.71. The normalized spacial score (nSPS) is 11.0. The van der Waals surface area contributed by atoms with Gasteiger partial charge in [0.1, 0.15) is 17.2 Å². The van der Waals surface area contributed by atoms with Crippen LogP contribution in [-0.4, -0.2) is 19.9 Å². The van der Waals surface area contributed by atoms with Crippen molar-refractivity contribution in [3.05, 3.63) is 77.6 Å². The van der Waals surface area contributed by atoms with Crippen LogP contribution < -0.4 is 5.73 Å². The molecular weight excluding hydrogens is 336 g/mol. The van der Waals surface area contributed by atoms with Gasteiger partial charge in [-0.1, -0.05) is 12.1 Å². The Morgan fingerprint density at radius 2 is 1.69 bits per heavy atom. The van der Waals surface area contributed by atoms with Crippen molar-refractivity contribution >= 4 is 17.1 Å². The molecule has 0 unspecified atom stereocenters. The molecule has 0 aliphatic heterocycles. The average Bonchev–Trinajstić information content (AvgIpc) is 2.62. The molecule has 0 atom stereocenters. The highest BCUT2D eigenvalue weighted by atomic mass is 19.1. The number of nitrogens with zero attached hydrogens (tertiary/aromatic N) is 4. The molecule has 0 aliphatic carbocycles. The Morgan fingerprint density at radius 3 is 2.46 bits per heavy atom. The van der Waals surface area contributed by atoms with E-state index in [1.165, 1.54) is 24.3 Å². The number of nitrogen functional groups attached to an aromatic ring is 1. The van der Waals surface area contributed by atoms with Crippen LogP contribution in [-0.2, 0) is 6.42 Å². The van der Waals surface area contributed by atoms with Gasteiger partial charge in [0.15, 0.2) is 5.65 Å². The molecule has 0 saturated carbocycles. The molecular formula is C19H13F2N5. The minimum atomic E-state index is -0.328. The summed E-state index contributed by atoms with van der Waals surface area (Å²) in [6.07, 6.45) is 1.89. The lowest BCUT2D eigenvalue weighted by molar-refractivity contribution is 0.626. The first kappa shape index (κ1) is 16.0. The minimum Gasteiger partial charge on any atom is -0.368 e. The maximum Gasteiger partial charge on any atom is 0.222 e. The molecule has 2 heterocycles. The van der Waals surface area contributed by atoms with Crippen molar-refractivity contribution in [1.82, 2.24) is 19.9 Å². The van der Waals surface area contributed by atoms with E-state index in [4.69, 9.17) is 5.73 Å². The standard InChI is InChI=1S/C19H13F2N5/c20-13-6-4-12(5-7-13)16-10-23-18-17(24-16)15(25-19(22)26-18)9-11-2-1-3-14(21)8-11/h1-8,10H,9H2,(H2,22,23,25,26).